The number of carboxylic acids is 1. The molecule has 108 valence electrons. The van der Waals surface area contributed by atoms with Gasteiger partial charge in [0.1, 0.15) is 5.56 Å². The van der Waals surface area contributed by atoms with E-state index in [2.05, 4.69) is 21.2 Å². The van der Waals surface area contributed by atoms with Crippen LogP contribution in [0.25, 0.3) is 0 Å². The summed E-state index contributed by atoms with van der Waals surface area (Å²) in [4.78, 5) is 23.3. The van der Waals surface area contributed by atoms with Crippen molar-refractivity contribution < 1.29 is 14.7 Å². The van der Waals surface area contributed by atoms with Gasteiger partial charge in [0.05, 0.1) is 15.7 Å². The van der Waals surface area contributed by atoms with Crippen LogP contribution < -0.4 is 5.32 Å². The number of aromatic carboxylic acids is 1. The van der Waals surface area contributed by atoms with Crippen LogP contribution in [0.4, 0.5) is 5.69 Å². The predicted octanol–water partition coefficient (Wildman–Crippen LogP) is 4.71. The molecule has 0 aromatic heterocycles. The highest BCUT2D eigenvalue weighted by Gasteiger charge is 2.17. The SMILES string of the molecule is O=C(Nc1cccc(Cl)c1C(=O)O)c1ccc(Br)c(Cl)c1. The Hall–Kier alpha value is -1.56. The molecule has 7 heteroatoms. The third-order valence-electron chi connectivity index (χ3n) is 2.66. The molecule has 1 amide bonds. The topological polar surface area (TPSA) is 66.4 Å². The lowest BCUT2D eigenvalue weighted by Gasteiger charge is -2.10. The molecule has 0 heterocycles. The van der Waals surface area contributed by atoms with E-state index < -0.39 is 11.9 Å². The number of carboxylic acid groups (broad SMARTS) is 1. The van der Waals surface area contributed by atoms with Gasteiger partial charge in [-0.2, -0.15) is 0 Å². The molecule has 0 fully saturated rings. The number of carbonyl (C=O) groups is 2. The number of hydrogen-bond donors (Lipinski definition) is 2. The fraction of sp³-hybridized carbons (Fsp3) is 0. The molecule has 0 aliphatic heterocycles. The number of anilines is 1. The van der Waals surface area contributed by atoms with Crippen LogP contribution in [-0.2, 0) is 0 Å². The van der Waals surface area contributed by atoms with Crippen molar-refractivity contribution in [3.8, 4) is 0 Å². The third kappa shape index (κ3) is 3.56. The Bertz CT molecular complexity index is 734. The Morgan fingerprint density at radius 1 is 1.10 bits per heavy atom. The minimum atomic E-state index is -1.22. The number of rotatable bonds is 3. The first-order valence-electron chi connectivity index (χ1n) is 5.68. The van der Waals surface area contributed by atoms with E-state index in [9.17, 15) is 9.59 Å². The van der Waals surface area contributed by atoms with Gasteiger partial charge in [-0.1, -0.05) is 29.3 Å². The van der Waals surface area contributed by atoms with E-state index >= 15 is 0 Å². The van der Waals surface area contributed by atoms with Crippen molar-refractivity contribution in [3.05, 3.63) is 62.0 Å². The summed E-state index contributed by atoms with van der Waals surface area (Å²) >= 11 is 15.0. The first-order chi connectivity index (χ1) is 9.90. The van der Waals surface area contributed by atoms with Crippen LogP contribution in [-0.4, -0.2) is 17.0 Å². The molecular formula is C14H8BrCl2NO3. The lowest BCUT2D eigenvalue weighted by Crippen LogP contribution is -2.15. The number of benzene rings is 2. The monoisotopic (exact) mass is 387 g/mol. The molecule has 0 saturated heterocycles. The van der Waals surface area contributed by atoms with E-state index in [1.165, 1.54) is 18.2 Å². The van der Waals surface area contributed by atoms with Crippen LogP contribution in [0, 0.1) is 0 Å². The van der Waals surface area contributed by atoms with E-state index in [1.807, 2.05) is 0 Å². The predicted molar refractivity (Wildman–Crippen MR) is 85.5 cm³/mol. The van der Waals surface area contributed by atoms with Crippen LogP contribution in [0.2, 0.25) is 10.0 Å². The lowest BCUT2D eigenvalue weighted by molar-refractivity contribution is 0.0698. The Labute approximate surface area is 138 Å². The second kappa shape index (κ2) is 6.47. The first kappa shape index (κ1) is 15.8. The maximum Gasteiger partial charge on any atom is 0.339 e. The molecule has 0 radical (unpaired) electrons. The molecule has 0 aliphatic carbocycles. The van der Waals surface area contributed by atoms with Gasteiger partial charge in [0.2, 0.25) is 0 Å². The summed E-state index contributed by atoms with van der Waals surface area (Å²) in [5.41, 5.74) is 0.272. The number of amides is 1. The van der Waals surface area contributed by atoms with Crippen LogP contribution in [0.3, 0.4) is 0 Å². The summed E-state index contributed by atoms with van der Waals surface area (Å²) in [5.74, 6) is -1.70. The van der Waals surface area contributed by atoms with Crippen LogP contribution in [0.5, 0.6) is 0 Å². The van der Waals surface area contributed by atoms with Gasteiger partial charge in [0, 0.05) is 10.0 Å². The maximum atomic E-state index is 12.1. The first-order valence-corrected chi connectivity index (χ1v) is 7.23. The molecule has 0 spiro atoms. The molecule has 2 aromatic rings. The normalized spacial score (nSPS) is 10.2. The van der Waals surface area contributed by atoms with Crippen LogP contribution >= 0.6 is 39.1 Å². The molecule has 0 saturated carbocycles. The zero-order valence-electron chi connectivity index (χ0n) is 10.4. The Balaban J connectivity index is 2.34. The van der Waals surface area contributed by atoms with E-state index in [1.54, 1.807) is 18.2 Å². The molecule has 4 nitrogen and oxygen atoms in total. The van der Waals surface area contributed by atoms with Gasteiger partial charge in [-0.05, 0) is 46.3 Å². The second-order valence-corrected chi connectivity index (χ2v) is 5.72. The largest absolute Gasteiger partial charge is 0.478 e. The number of hydrogen-bond acceptors (Lipinski definition) is 2. The van der Waals surface area contributed by atoms with Crippen molar-refractivity contribution in [1.82, 2.24) is 0 Å². The fourth-order valence-electron chi connectivity index (χ4n) is 1.68. The molecule has 21 heavy (non-hydrogen) atoms. The highest BCUT2D eigenvalue weighted by molar-refractivity contribution is 9.10. The fourth-order valence-corrected chi connectivity index (χ4v) is 2.36. The molecule has 0 unspecified atom stereocenters. The van der Waals surface area contributed by atoms with Crippen molar-refractivity contribution in [2.24, 2.45) is 0 Å². The smallest absolute Gasteiger partial charge is 0.339 e. The van der Waals surface area contributed by atoms with Gasteiger partial charge in [0.25, 0.3) is 5.91 Å². The highest BCUT2D eigenvalue weighted by atomic mass is 79.9. The summed E-state index contributed by atoms with van der Waals surface area (Å²) in [6, 6.07) is 9.14. The minimum absolute atomic E-state index is 0.0501. The number of carbonyl (C=O) groups excluding carboxylic acids is 1. The zero-order chi connectivity index (χ0) is 15.6. The zero-order valence-corrected chi connectivity index (χ0v) is 13.5. The highest BCUT2D eigenvalue weighted by Crippen LogP contribution is 2.26. The van der Waals surface area contributed by atoms with Crippen molar-refractivity contribution in [2.75, 3.05) is 5.32 Å². The lowest BCUT2D eigenvalue weighted by atomic mass is 10.1. The maximum absolute atomic E-state index is 12.1. The van der Waals surface area contributed by atoms with E-state index in [-0.39, 0.29) is 16.3 Å². The average molecular weight is 389 g/mol. The summed E-state index contributed by atoms with van der Waals surface area (Å²) in [6.45, 7) is 0. The number of nitrogens with one attached hydrogen (secondary N) is 1. The van der Waals surface area contributed by atoms with Crippen LogP contribution in [0.15, 0.2) is 40.9 Å². The molecule has 0 bridgehead atoms. The molecule has 0 atom stereocenters. The Morgan fingerprint density at radius 3 is 2.43 bits per heavy atom. The van der Waals surface area contributed by atoms with E-state index in [0.29, 0.717) is 15.1 Å². The molecular weight excluding hydrogens is 381 g/mol. The Kier molecular flexibility index (Phi) is 4.88. The summed E-state index contributed by atoms with van der Waals surface area (Å²) in [5, 5.41) is 12.1. The van der Waals surface area contributed by atoms with Crippen molar-refractivity contribution in [3.63, 3.8) is 0 Å². The second-order valence-electron chi connectivity index (χ2n) is 4.05. The third-order valence-corrected chi connectivity index (χ3v) is 4.20. The summed E-state index contributed by atoms with van der Waals surface area (Å²) in [6.07, 6.45) is 0. The van der Waals surface area contributed by atoms with Gasteiger partial charge >= 0.3 is 5.97 Å². The average Bonchev–Trinajstić information content (AvgIpc) is 2.41. The van der Waals surface area contributed by atoms with E-state index in [0.717, 1.165) is 0 Å². The van der Waals surface area contributed by atoms with Crippen molar-refractivity contribution in [2.45, 2.75) is 0 Å². The van der Waals surface area contributed by atoms with Crippen LogP contribution in [0.1, 0.15) is 20.7 Å². The summed E-state index contributed by atoms with van der Waals surface area (Å²) in [7, 11) is 0. The van der Waals surface area contributed by atoms with Gasteiger partial charge in [-0.3, -0.25) is 4.79 Å². The van der Waals surface area contributed by atoms with Gasteiger partial charge in [-0.25, -0.2) is 4.79 Å². The summed E-state index contributed by atoms with van der Waals surface area (Å²) < 4.78 is 0.662. The standard InChI is InChI=1S/C14H8BrCl2NO3/c15-8-5-4-7(6-10(8)17)13(19)18-11-3-1-2-9(16)12(11)14(20)21/h1-6H,(H,18,19)(H,20,21). The molecule has 2 N–H and O–H groups in total. The van der Waals surface area contributed by atoms with E-state index in [4.69, 9.17) is 28.3 Å². The molecule has 2 rings (SSSR count). The van der Waals surface area contributed by atoms with Gasteiger partial charge < -0.3 is 10.4 Å². The van der Waals surface area contributed by atoms with Crippen molar-refractivity contribution >= 4 is 56.7 Å². The van der Waals surface area contributed by atoms with Gasteiger partial charge in [-0.15, -0.1) is 0 Å². The van der Waals surface area contributed by atoms with Gasteiger partial charge in [0.15, 0.2) is 0 Å². The number of halogens is 3. The van der Waals surface area contributed by atoms with Crippen molar-refractivity contribution in [1.29, 1.82) is 0 Å². The quantitative estimate of drug-likeness (QED) is 0.800. The minimum Gasteiger partial charge on any atom is -0.478 e. The molecule has 2 aromatic carbocycles. The molecule has 0 aliphatic rings. The Morgan fingerprint density at radius 2 is 1.81 bits per heavy atom.